The second-order valence-electron chi connectivity index (χ2n) is 8.80. The van der Waals surface area contributed by atoms with Gasteiger partial charge in [-0.2, -0.15) is 0 Å². The van der Waals surface area contributed by atoms with Crippen LogP contribution < -0.4 is 10.1 Å². The van der Waals surface area contributed by atoms with E-state index < -0.39 is 0 Å². The summed E-state index contributed by atoms with van der Waals surface area (Å²) in [6, 6.07) is 15.3. The molecule has 2 aromatic carbocycles. The zero-order valence-electron chi connectivity index (χ0n) is 19.7. The highest BCUT2D eigenvalue weighted by molar-refractivity contribution is 7.09. The number of rotatable bonds is 8. The molecule has 0 atom stereocenters. The molecule has 1 aliphatic heterocycles. The Bertz CT molecular complexity index is 1360. The van der Waals surface area contributed by atoms with E-state index in [0.717, 1.165) is 34.3 Å². The van der Waals surface area contributed by atoms with Gasteiger partial charge in [-0.15, -0.1) is 11.3 Å². The van der Waals surface area contributed by atoms with Gasteiger partial charge in [-0.25, -0.2) is 4.98 Å². The van der Waals surface area contributed by atoms with Crippen molar-refractivity contribution >= 4 is 45.7 Å². The maximum Gasteiger partial charge on any atom is 0.270 e. The number of fused-ring (bicyclic) bond motifs is 1. The van der Waals surface area contributed by atoms with E-state index in [9.17, 15) is 9.59 Å². The fourth-order valence-electron chi connectivity index (χ4n) is 4.49. The number of thiazole rings is 1. The molecule has 2 aromatic heterocycles. The molecular formula is C27H27ClN4O3S. The third-order valence-corrected chi connectivity index (χ3v) is 7.77. The number of nitrogens with zero attached hydrogens (tertiary/aromatic N) is 2. The van der Waals surface area contributed by atoms with Crippen molar-refractivity contribution < 1.29 is 14.3 Å². The van der Waals surface area contributed by atoms with E-state index in [0.29, 0.717) is 49.1 Å². The summed E-state index contributed by atoms with van der Waals surface area (Å²) in [6.07, 6.45) is 4.02. The third kappa shape index (κ3) is 5.55. The zero-order valence-corrected chi connectivity index (χ0v) is 21.3. The first kappa shape index (κ1) is 24.3. The molecule has 4 aromatic rings. The van der Waals surface area contributed by atoms with Crippen LogP contribution in [-0.4, -0.2) is 52.9 Å². The predicted molar refractivity (Wildman–Crippen MR) is 142 cm³/mol. The van der Waals surface area contributed by atoms with Crippen LogP contribution in [-0.2, 0) is 11.2 Å². The summed E-state index contributed by atoms with van der Waals surface area (Å²) >= 11 is 7.58. The molecular weight excluding hydrogens is 496 g/mol. The highest BCUT2D eigenvalue weighted by Gasteiger charge is 2.26. The largest absolute Gasteiger partial charge is 0.490 e. The quantitative estimate of drug-likeness (QED) is 0.317. The molecule has 0 spiro atoms. The number of carbonyl (C=O) groups excluding carboxylic acids is 2. The summed E-state index contributed by atoms with van der Waals surface area (Å²) in [5.41, 5.74) is 2.51. The van der Waals surface area contributed by atoms with Crippen LogP contribution in [0.5, 0.6) is 5.75 Å². The van der Waals surface area contributed by atoms with Gasteiger partial charge in [-0.05, 0) is 36.6 Å². The maximum absolute atomic E-state index is 12.9. The van der Waals surface area contributed by atoms with Gasteiger partial charge in [-0.1, -0.05) is 41.9 Å². The van der Waals surface area contributed by atoms with E-state index >= 15 is 0 Å². The van der Waals surface area contributed by atoms with Gasteiger partial charge in [0.1, 0.15) is 18.1 Å². The number of aromatic amines is 1. The highest BCUT2D eigenvalue weighted by Crippen LogP contribution is 2.31. The summed E-state index contributed by atoms with van der Waals surface area (Å²) in [7, 11) is 0. The molecule has 1 saturated heterocycles. The molecule has 5 rings (SSSR count). The number of ether oxygens (including phenoxy) is 1. The minimum atomic E-state index is -0.216. The Hall–Kier alpha value is -3.36. The van der Waals surface area contributed by atoms with Gasteiger partial charge in [0.15, 0.2) is 0 Å². The van der Waals surface area contributed by atoms with Crippen molar-refractivity contribution in [3.8, 4) is 5.75 Å². The lowest BCUT2D eigenvalue weighted by molar-refractivity contribution is -0.131. The summed E-state index contributed by atoms with van der Waals surface area (Å²) in [5.74, 6) is 0.788. The van der Waals surface area contributed by atoms with Crippen LogP contribution in [0.3, 0.4) is 0 Å². The van der Waals surface area contributed by atoms with Crippen LogP contribution in [0.4, 0.5) is 0 Å². The first-order chi connectivity index (χ1) is 17.6. The maximum atomic E-state index is 12.9. The molecule has 1 aliphatic rings. The number of piperidine rings is 1. The molecule has 0 aliphatic carbocycles. The molecule has 9 heteroatoms. The predicted octanol–water partition coefficient (Wildman–Crippen LogP) is 5.04. The smallest absolute Gasteiger partial charge is 0.270 e. The SMILES string of the molecule is O=C(NCCOc1ccccc1Cl)c1csc(C2CCN(C(=O)Cc3c[nH]c4ccccc34)CC2)n1. The first-order valence-electron chi connectivity index (χ1n) is 12.0. The fraction of sp³-hybridized carbons (Fsp3) is 0.296. The van der Waals surface area contributed by atoms with Crippen molar-refractivity contribution in [2.45, 2.75) is 25.2 Å². The molecule has 0 radical (unpaired) electrons. The lowest BCUT2D eigenvalue weighted by Gasteiger charge is -2.31. The van der Waals surface area contributed by atoms with Crippen molar-refractivity contribution in [3.63, 3.8) is 0 Å². The zero-order chi connectivity index (χ0) is 24.9. The van der Waals surface area contributed by atoms with E-state index in [1.54, 1.807) is 17.5 Å². The lowest BCUT2D eigenvalue weighted by atomic mass is 9.97. The van der Waals surface area contributed by atoms with Crippen molar-refractivity contribution in [1.82, 2.24) is 20.2 Å². The number of halogens is 1. The van der Waals surface area contributed by atoms with E-state index in [-0.39, 0.29) is 17.7 Å². The standard InChI is InChI=1S/C27H27ClN4O3S/c28-21-6-2-4-8-24(21)35-14-11-29-26(34)23-17-36-27(31-23)18-9-12-32(13-10-18)25(33)15-19-16-30-22-7-3-1-5-20(19)22/h1-8,16-18,30H,9-15H2,(H,29,34). The molecule has 0 unspecified atom stereocenters. The first-order valence-corrected chi connectivity index (χ1v) is 13.3. The van der Waals surface area contributed by atoms with Crippen LogP contribution in [0.25, 0.3) is 10.9 Å². The van der Waals surface area contributed by atoms with Crippen LogP contribution in [0.2, 0.25) is 5.02 Å². The minimum Gasteiger partial charge on any atom is -0.490 e. The van der Waals surface area contributed by atoms with Crippen LogP contribution in [0.1, 0.15) is 39.8 Å². The van der Waals surface area contributed by atoms with E-state index in [2.05, 4.69) is 15.3 Å². The molecule has 0 bridgehead atoms. The number of para-hydroxylation sites is 2. The Morgan fingerprint density at radius 1 is 1.14 bits per heavy atom. The topological polar surface area (TPSA) is 87.3 Å². The second kappa shape index (κ2) is 11.1. The average molecular weight is 523 g/mol. The number of likely N-dealkylation sites (tertiary alicyclic amines) is 1. The Labute approximate surface area is 218 Å². The van der Waals surface area contributed by atoms with E-state index in [1.807, 2.05) is 47.5 Å². The van der Waals surface area contributed by atoms with Crippen LogP contribution in [0, 0.1) is 0 Å². The van der Waals surface area contributed by atoms with Gasteiger partial charge in [0, 0.05) is 41.5 Å². The van der Waals surface area contributed by atoms with Crippen LogP contribution in [0.15, 0.2) is 60.1 Å². The van der Waals surface area contributed by atoms with Crippen molar-refractivity contribution in [2.24, 2.45) is 0 Å². The summed E-state index contributed by atoms with van der Waals surface area (Å²) in [4.78, 5) is 35.2. The van der Waals surface area contributed by atoms with Gasteiger partial charge in [0.2, 0.25) is 5.91 Å². The minimum absolute atomic E-state index is 0.149. The third-order valence-electron chi connectivity index (χ3n) is 6.45. The van der Waals surface area contributed by atoms with Gasteiger partial charge < -0.3 is 19.9 Å². The number of nitrogens with one attached hydrogen (secondary N) is 2. The summed E-state index contributed by atoms with van der Waals surface area (Å²) in [6.45, 7) is 2.07. The van der Waals surface area contributed by atoms with Crippen molar-refractivity contribution in [1.29, 1.82) is 0 Å². The number of benzene rings is 2. The number of hydrogen-bond donors (Lipinski definition) is 2. The van der Waals surface area contributed by atoms with Crippen molar-refractivity contribution in [3.05, 3.63) is 81.4 Å². The number of hydrogen-bond acceptors (Lipinski definition) is 5. The Morgan fingerprint density at radius 2 is 1.92 bits per heavy atom. The molecule has 1 fully saturated rings. The number of carbonyl (C=O) groups is 2. The number of amides is 2. The molecule has 36 heavy (non-hydrogen) atoms. The lowest BCUT2D eigenvalue weighted by Crippen LogP contribution is -2.38. The van der Waals surface area contributed by atoms with Crippen LogP contribution >= 0.6 is 22.9 Å². The Kier molecular flexibility index (Phi) is 7.53. The molecule has 2 N–H and O–H groups in total. The summed E-state index contributed by atoms with van der Waals surface area (Å²) < 4.78 is 5.61. The molecule has 186 valence electrons. The molecule has 2 amide bonds. The van der Waals surface area contributed by atoms with Gasteiger partial charge >= 0.3 is 0 Å². The van der Waals surface area contributed by atoms with Gasteiger partial charge in [-0.3, -0.25) is 9.59 Å². The molecule has 3 heterocycles. The second-order valence-corrected chi connectivity index (χ2v) is 10.1. The number of aromatic nitrogens is 2. The van der Waals surface area contributed by atoms with Gasteiger partial charge in [0.05, 0.1) is 23.0 Å². The van der Waals surface area contributed by atoms with E-state index in [1.165, 1.54) is 11.3 Å². The van der Waals surface area contributed by atoms with E-state index in [4.69, 9.17) is 16.3 Å². The number of H-pyrrole nitrogens is 1. The Balaban J connectivity index is 1.08. The highest BCUT2D eigenvalue weighted by atomic mass is 35.5. The normalized spacial score (nSPS) is 14.2. The fourth-order valence-corrected chi connectivity index (χ4v) is 5.65. The molecule has 0 saturated carbocycles. The van der Waals surface area contributed by atoms with Gasteiger partial charge in [0.25, 0.3) is 5.91 Å². The Morgan fingerprint density at radius 3 is 2.75 bits per heavy atom. The summed E-state index contributed by atoms with van der Waals surface area (Å²) in [5, 5.41) is 7.24. The molecule has 7 nitrogen and oxygen atoms in total. The van der Waals surface area contributed by atoms with Crippen molar-refractivity contribution in [2.75, 3.05) is 26.2 Å². The monoisotopic (exact) mass is 522 g/mol. The average Bonchev–Trinajstić information content (AvgIpc) is 3.56.